The molecule has 2 fully saturated rings. The molecule has 0 amide bonds. The molecule has 1 atom stereocenters. The summed E-state index contributed by atoms with van der Waals surface area (Å²) in [5.41, 5.74) is 0.0567. The van der Waals surface area contributed by atoms with Crippen LogP contribution in [-0.4, -0.2) is 12.7 Å². The maximum absolute atomic E-state index is 8.63. The van der Waals surface area contributed by atoms with Gasteiger partial charge in [0.25, 0.3) is 0 Å². The van der Waals surface area contributed by atoms with E-state index in [0.717, 1.165) is 25.9 Å². The largest absolute Gasteiger partial charge is 0.373 e. The average molecular weight is 123 g/mol. The monoisotopic (exact) mass is 123 g/mol. The van der Waals surface area contributed by atoms with Crippen LogP contribution in [0.25, 0.3) is 0 Å². The van der Waals surface area contributed by atoms with E-state index in [2.05, 4.69) is 6.07 Å². The second-order valence-electron chi connectivity index (χ2n) is 3.05. The first kappa shape index (κ1) is 5.25. The molecule has 48 valence electrons. The number of rotatable bonds is 2. The van der Waals surface area contributed by atoms with Gasteiger partial charge in [0.1, 0.15) is 0 Å². The van der Waals surface area contributed by atoms with E-state index in [9.17, 15) is 0 Å². The first-order valence-electron chi connectivity index (χ1n) is 3.38. The van der Waals surface area contributed by atoms with Crippen molar-refractivity contribution < 1.29 is 4.74 Å². The fraction of sp³-hybridized carbons (Fsp3) is 0.857. The van der Waals surface area contributed by atoms with Gasteiger partial charge in [-0.25, -0.2) is 0 Å². The van der Waals surface area contributed by atoms with Gasteiger partial charge in [0.2, 0.25) is 0 Å². The van der Waals surface area contributed by atoms with Gasteiger partial charge in [0.15, 0.2) is 0 Å². The lowest BCUT2D eigenvalue weighted by Gasteiger charge is -1.97. The third kappa shape index (κ3) is 0.927. The van der Waals surface area contributed by atoms with Crippen LogP contribution in [0.15, 0.2) is 0 Å². The summed E-state index contributed by atoms with van der Waals surface area (Å²) in [5.74, 6) is 0. The van der Waals surface area contributed by atoms with E-state index in [1.54, 1.807) is 0 Å². The molecule has 2 heteroatoms. The second kappa shape index (κ2) is 1.48. The molecular formula is C7H9NO. The maximum Gasteiger partial charge on any atom is 0.0825 e. The molecule has 1 unspecified atom stereocenters. The van der Waals surface area contributed by atoms with Gasteiger partial charge in [-0.15, -0.1) is 0 Å². The van der Waals surface area contributed by atoms with Gasteiger partial charge in [-0.1, -0.05) is 0 Å². The lowest BCUT2D eigenvalue weighted by atomic mass is 10.0. The van der Waals surface area contributed by atoms with E-state index in [1.165, 1.54) is 0 Å². The normalized spacial score (nSPS) is 35.2. The van der Waals surface area contributed by atoms with Crippen molar-refractivity contribution >= 4 is 0 Å². The lowest BCUT2D eigenvalue weighted by molar-refractivity contribution is 0.370. The highest BCUT2D eigenvalue weighted by molar-refractivity contribution is 5.11. The Bertz CT molecular complexity index is 162. The van der Waals surface area contributed by atoms with Gasteiger partial charge in [-0.2, -0.15) is 5.26 Å². The number of nitrogens with zero attached hydrogens (tertiary/aromatic N) is 1. The predicted molar refractivity (Wildman–Crippen MR) is 31.6 cm³/mol. The summed E-state index contributed by atoms with van der Waals surface area (Å²) in [6.07, 6.45) is 3.63. The van der Waals surface area contributed by atoms with Gasteiger partial charge in [0.05, 0.1) is 24.2 Å². The van der Waals surface area contributed by atoms with E-state index in [0.29, 0.717) is 6.10 Å². The smallest absolute Gasteiger partial charge is 0.0825 e. The molecule has 0 radical (unpaired) electrons. The van der Waals surface area contributed by atoms with Crippen LogP contribution in [0.5, 0.6) is 0 Å². The summed E-state index contributed by atoms with van der Waals surface area (Å²) in [5, 5.41) is 8.63. The first-order valence-corrected chi connectivity index (χ1v) is 3.38. The molecule has 1 saturated heterocycles. The number of epoxide rings is 1. The lowest BCUT2D eigenvalue weighted by Crippen LogP contribution is -2.00. The molecule has 2 aliphatic rings. The number of ether oxygens (including phenoxy) is 1. The standard InChI is InChI=1S/C7H9NO/c8-5-7(1-2-7)3-6-4-9-6/h6H,1-4H2. The van der Waals surface area contributed by atoms with Crippen LogP contribution in [0.1, 0.15) is 19.3 Å². The van der Waals surface area contributed by atoms with Crippen molar-refractivity contribution in [2.45, 2.75) is 25.4 Å². The van der Waals surface area contributed by atoms with Crippen LogP contribution in [0.4, 0.5) is 0 Å². The van der Waals surface area contributed by atoms with Crippen LogP contribution < -0.4 is 0 Å². The minimum atomic E-state index is 0.0567. The van der Waals surface area contributed by atoms with Crippen molar-refractivity contribution in [1.82, 2.24) is 0 Å². The Morgan fingerprint density at radius 2 is 2.33 bits per heavy atom. The highest BCUT2D eigenvalue weighted by atomic mass is 16.6. The van der Waals surface area contributed by atoms with Crippen LogP contribution in [0, 0.1) is 16.7 Å². The fourth-order valence-electron chi connectivity index (χ4n) is 1.13. The zero-order valence-corrected chi connectivity index (χ0v) is 5.26. The number of nitriles is 1. The van der Waals surface area contributed by atoms with Crippen molar-refractivity contribution in [1.29, 1.82) is 5.26 Å². The Morgan fingerprint density at radius 3 is 2.67 bits per heavy atom. The summed E-state index contributed by atoms with van der Waals surface area (Å²) >= 11 is 0. The molecule has 0 N–H and O–H groups in total. The van der Waals surface area contributed by atoms with Crippen LogP contribution in [-0.2, 0) is 4.74 Å². The Labute approximate surface area is 54.4 Å². The van der Waals surface area contributed by atoms with Crippen LogP contribution >= 0.6 is 0 Å². The SMILES string of the molecule is N#CC1(CC2CO2)CC1. The van der Waals surface area contributed by atoms with Gasteiger partial charge in [-0.05, 0) is 19.3 Å². The minimum absolute atomic E-state index is 0.0567. The average Bonchev–Trinajstić information content (AvgIpc) is 2.68. The van der Waals surface area contributed by atoms with E-state index in [-0.39, 0.29) is 5.41 Å². The van der Waals surface area contributed by atoms with E-state index in [1.807, 2.05) is 0 Å². The zero-order valence-electron chi connectivity index (χ0n) is 5.26. The molecule has 9 heavy (non-hydrogen) atoms. The summed E-state index contributed by atoms with van der Waals surface area (Å²) in [6, 6.07) is 2.34. The third-order valence-electron chi connectivity index (χ3n) is 2.11. The first-order chi connectivity index (χ1) is 4.35. The molecule has 1 aliphatic carbocycles. The molecule has 0 aromatic rings. The van der Waals surface area contributed by atoms with E-state index < -0.39 is 0 Å². The second-order valence-corrected chi connectivity index (χ2v) is 3.05. The predicted octanol–water partition coefficient (Wildman–Crippen LogP) is 1.08. The van der Waals surface area contributed by atoms with Crippen LogP contribution in [0.2, 0.25) is 0 Å². The van der Waals surface area contributed by atoms with Crippen LogP contribution in [0.3, 0.4) is 0 Å². The fourth-order valence-corrected chi connectivity index (χ4v) is 1.13. The zero-order chi connectivity index (χ0) is 6.32. The molecule has 0 aromatic heterocycles. The van der Waals surface area contributed by atoms with E-state index in [4.69, 9.17) is 10.00 Å². The molecule has 2 nitrogen and oxygen atoms in total. The Morgan fingerprint density at radius 1 is 1.67 bits per heavy atom. The van der Waals surface area contributed by atoms with Gasteiger partial charge < -0.3 is 4.74 Å². The van der Waals surface area contributed by atoms with Crippen molar-refractivity contribution in [3.63, 3.8) is 0 Å². The summed E-state index contributed by atoms with van der Waals surface area (Å²) in [7, 11) is 0. The number of hydrogen-bond donors (Lipinski definition) is 0. The molecule has 1 aliphatic heterocycles. The highest BCUT2D eigenvalue weighted by Gasteiger charge is 2.47. The van der Waals surface area contributed by atoms with Gasteiger partial charge >= 0.3 is 0 Å². The molecular weight excluding hydrogens is 114 g/mol. The molecule has 0 bridgehead atoms. The van der Waals surface area contributed by atoms with Crippen molar-refractivity contribution in [3.05, 3.63) is 0 Å². The topological polar surface area (TPSA) is 36.3 Å². The van der Waals surface area contributed by atoms with Gasteiger partial charge in [0, 0.05) is 0 Å². The maximum atomic E-state index is 8.63. The Kier molecular flexibility index (Phi) is 0.866. The van der Waals surface area contributed by atoms with Gasteiger partial charge in [-0.3, -0.25) is 0 Å². The summed E-state index contributed by atoms with van der Waals surface area (Å²) in [6.45, 7) is 0.892. The highest BCUT2D eigenvalue weighted by Crippen LogP contribution is 2.50. The summed E-state index contributed by atoms with van der Waals surface area (Å²) < 4.78 is 5.04. The molecule has 0 spiro atoms. The quantitative estimate of drug-likeness (QED) is 0.515. The van der Waals surface area contributed by atoms with Crippen molar-refractivity contribution in [3.8, 4) is 6.07 Å². The third-order valence-corrected chi connectivity index (χ3v) is 2.11. The van der Waals surface area contributed by atoms with Crippen molar-refractivity contribution in [2.24, 2.45) is 5.41 Å². The Hall–Kier alpha value is -0.550. The molecule has 1 saturated carbocycles. The number of hydrogen-bond acceptors (Lipinski definition) is 2. The molecule has 0 aromatic carbocycles. The molecule has 2 rings (SSSR count). The Balaban J connectivity index is 1.90. The minimum Gasteiger partial charge on any atom is -0.373 e. The van der Waals surface area contributed by atoms with E-state index >= 15 is 0 Å². The van der Waals surface area contributed by atoms with Crippen molar-refractivity contribution in [2.75, 3.05) is 6.61 Å². The molecule has 1 heterocycles. The summed E-state index contributed by atoms with van der Waals surface area (Å²) in [4.78, 5) is 0.